The summed E-state index contributed by atoms with van der Waals surface area (Å²) in [6.45, 7) is 2.35. The van der Waals surface area contributed by atoms with Gasteiger partial charge in [-0.3, -0.25) is 4.79 Å². The van der Waals surface area contributed by atoms with E-state index in [9.17, 15) is 4.79 Å². The zero-order valence-corrected chi connectivity index (χ0v) is 17.2. The summed E-state index contributed by atoms with van der Waals surface area (Å²) in [6, 6.07) is 5.25. The van der Waals surface area contributed by atoms with Gasteiger partial charge in [0.15, 0.2) is 0 Å². The predicted molar refractivity (Wildman–Crippen MR) is 110 cm³/mol. The predicted octanol–water partition coefficient (Wildman–Crippen LogP) is 3.09. The molecule has 0 bridgehead atoms. The average Bonchev–Trinajstić information content (AvgIpc) is 2.65. The Bertz CT molecular complexity index is 866. The van der Waals surface area contributed by atoms with Crippen molar-refractivity contribution in [2.45, 2.75) is 18.9 Å². The Morgan fingerprint density at radius 2 is 1.93 bits per heavy atom. The van der Waals surface area contributed by atoms with Crippen molar-refractivity contribution < 1.29 is 5.11 Å². The Morgan fingerprint density at radius 3 is 2.56 bits per heavy atom. The van der Waals surface area contributed by atoms with E-state index >= 15 is 0 Å². The number of likely N-dealkylation sites (N-methyl/N-ethyl adjacent to an activating group) is 1. The minimum absolute atomic E-state index is 0.123. The highest BCUT2D eigenvalue weighted by Crippen LogP contribution is 2.28. The number of hydrogen-bond donors (Lipinski definition) is 1. The molecule has 1 N–H and O–H groups in total. The standard InChI is InChI=1S/C18H21Cl3N4O2/c1-23(8-9-26)13-4-6-24(7-5-13)16-11-22-25(18(27)17(16)21)15-3-2-12(19)10-14(15)20/h2-3,10-11,13,26H,4-9H2,1H3. The highest BCUT2D eigenvalue weighted by molar-refractivity contribution is 6.36. The number of piperidine rings is 1. The Morgan fingerprint density at radius 1 is 1.22 bits per heavy atom. The molecule has 9 heteroatoms. The van der Waals surface area contributed by atoms with Gasteiger partial charge in [0.25, 0.3) is 5.56 Å². The Labute approximate surface area is 172 Å². The van der Waals surface area contributed by atoms with E-state index in [0.29, 0.717) is 34.0 Å². The van der Waals surface area contributed by atoms with Gasteiger partial charge in [-0.25, -0.2) is 0 Å². The topological polar surface area (TPSA) is 61.6 Å². The Balaban J connectivity index is 1.81. The molecule has 6 nitrogen and oxygen atoms in total. The number of aromatic nitrogens is 2. The van der Waals surface area contributed by atoms with Gasteiger partial charge in [0, 0.05) is 30.7 Å². The van der Waals surface area contributed by atoms with E-state index in [1.54, 1.807) is 24.4 Å². The molecule has 0 unspecified atom stereocenters. The number of aliphatic hydroxyl groups excluding tert-OH is 1. The van der Waals surface area contributed by atoms with Crippen molar-refractivity contribution in [2.24, 2.45) is 0 Å². The van der Waals surface area contributed by atoms with Crippen molar-refractivity contribution in [2.75, 3.05) is 38.2 Å². The maximum Gasteiger partial charge on any atom is 0.292 e. The minimum atomic E-state index is -0.419. The number of rotatable bonds is 5. The van der Waals surface area contributed by atoms with E-state index in [4.69, 9.17) is 39.9 Å². The van der Waals surface area contributed by atoms with Crippen LogP contribution < -0.4 is 10.5 Å². The molecule has 1 aromatic carbocycles. The second-order valence-corrected chi connectivity index (χ2v) is 7.80. The Hall–Kier alpha value is -1.31. The van der Waals surface area contributed by atoms with E-state index in [-0.39, 0.29) is 11.6 Å². The molecular weight excluding hydrogens is 411 g/mol. The van der Waals surface area contributed by atoms with Gasteiger partial charge >= 0.3 is 0 Å². The van der Waals surface area contributed by atoms with Crippen LogP contribution in [0.15, 0.2) is 29.2 Å². The van der Waals surface area contributed by atoms with Crippen LogP contribution in [0.3, 0.4) is 0 Å². The number of halogens is 3. The van der Waals surface area contributed by atoms with Crippen molar-refractivity contribution in [1.82, 2.24) is 14.7 Å². The van der Waals surface area contributed by atoms with Crippen molar-refractivity contribution in [3.05, 3.63) is 49.8 Å². The first-order valence-corrected chi connectivity index (χ1v) is 9.85. The van der Waals surface area contributed by atoms with E-state index < -0.39 is 5.56 Å². The fourth-order valence-corrected chi connectivity index (χ4v) is 4.09. The lowest BCUT2D eigenvalue weighted by Crippen LogP contribution is -2.44. The molecule has 2 aromatic rings. The van der Waals surface area contributed by atoms with Crippen molar-refractivity contribution in [3.63, 3.8) is 0 Å². The van der Waals surface area contributed by atoms with E-state index in [1.807, 2.05) is 7.05 Å². The molecule has 0 amide bonds. The molecule has 146 valence electrons. The maximum absolute atomic E-state index is 12.7. The second-order valence-electron chi connectivity index (χ2n) is 6.58. The molecule has 3 rings (SSSR count). The van der Waals surface area contributed by atoms with Gasteiger partial charge in [0.2, 0.25) is 0 Å². The Kier molecular flexibility index (Phi) is 6.65. The first-order valence-electron chi connectivity index (χ1n) is 8.71. The number of hydrogen-bond acceptors (Lipinski definition) is 5. The number of nitrogens with zero attached hydrogens (tertiary/aromatic N) is 4. The van der Waals surface area contributed by atoms with Gasteiger partial charge in [0.1, 0.15) is 5.02 Å². The lowest BCUT2D eigenvalue weighted by molar-refractivity contribution is 0.162. The molecule has 1 aromatic heterocycles. The van der Waals surface area contributed by atoms with Crippen LogP contribution >= 0.6 is 34.8 Å². The molecule has 27 heavy (non-hydrogen) atoms. The van der Waals surface area contributed by atoms with Crippen LogP contribution in [0.5, 0.6) is 0 Å². The molecule has 0 aliphatic carbocycles. The number of benzene rings is 1. The van der Waals surface area contributed by atoms with Crippen molar-refractivity contribution in [1.29, 1.82) is 0 Å². The summed E-state index contributed by atoms with van der Waals surface area (Å²) in [4.78, 5) is 17.0. The van der Waals surface area contributed by atoms with Gasteiger partial charge in [-0.15, -0.1) is 0 Å². The molecule has 0 spiro atoms. The van der Waals surface area contributed by atoms with Crippen LogP contribution in [-0.2, 0) is 0 Å². The normalized spacial score (nSPS) is 15.6. The third-order valence-corrected chi connectivity index (χ3v) is 5.81. The summed E-state index contributed by atoms with van der Waals surface area (Å²) < 4.78 is 1.19. The van der Waals surface area contributed by atoms with Crippen LogP contribution in [0.4, 0.5) is 5.69 Å². The monoisotopic (exact) mass is 430 g/mol. The van der Waals surface area contributed by atoms with E-state index in [1.165, 1.54) is 4.68 Å². The first kappa shape index (κ1) is 20.4. The third kappa shape index (κ3) is 4.41. The van der Waals surface area contributed by atoms with Gasteiger partial charge in [-0.1, -0.05) is 34.8 Å². The van der Waals surface area contributed by atoms with Crippen LogP contribution in [0, 0.1) is 0 Å². The first-order chi connectivity index (χ1) is 12.9. The summed E-state index contributed by atoms with van der Waals surface area (Å²) in [5, 5.41) is 14.3. The zero-order valence-electron chi connectivity index (χ0n) is 14.9. The minimum Gasteiger partial charge on any atom is -0.395 e. The van der Waals surface area contributed by atoms with Crippen LogP contribution in [0.2, 0.25) is 15.1 Å². The molecular formula is C18H21Cl3N4O2. The highest BCUT2D eigenvalue weighted by atomic mass is 35.5. The summed E-state index contributed by atoms with van der Waals surface area (Å²) in [5.41, 5.74) is 0.646. The quantitative estimate of drug-likeness (QED) is 0.788. The number of anilines is 1. The molecule has 1 aliphatic rings. The lowest BCUT2D eigenvalue weighted by atomic mass is 10.0. The smallest absolute Gasteiger partial charge is 0.292 e. The van der Waals surface area contributed by atoms with Gasteiger partial charge in [0.05, 0.1) is 29.2 Å². The number of aliphatic hydroxyl groups is 1. The van der Waals surface area contributed by atoms with Gasteiger partial charge in [-0.2, -0.15) is 9.78 Å². The van der Waals surface area contributed by atoms with Crippen molar-refractivity contribution in [3.8, 4) is 5.69 Å². The van der Waals surface area contributed by atoms with Gasteiger partial charge < -0.3 is 14.9 Å². The largest absolute Gasteiger partial charge is 0.395 e. The molecule has 1 aliphatic heterocycles. The molecule has 1 saturated heterocycles. The zero-order chi connectivity index (χ0) is 19.6. The molecule has 2 heterocycles. The fourth-order valence-electron chi connectivity index (χ4n) is 3.36. The summed E-state index contributed by atoms with van der Waals surface area (Å²) in [7, 11) is 2.02. The van der Waals surface area contributed by atoms with E-state index in [2.05, 4.69) is 14.9 Å². The lowest BCUT2D eigenvalue weighted by Gasteiger charge is -2.37. The molecule has 1 fully saturated rings. The molecule has 0 atom stereocenters. The SMILES string of the molecule is CN(CCO)C1CCN(c2cnn(-c3ccc(Cl)cc3Cl)c(=O)c2Cl)CC1. The van der Waals surface area contributed by atoms with E-state index in [0.717, 1.165) is 25.9 Å². The van der Waals surface area contributed by atoms with Crippen LogP contribution in [-0.4, -0.2) is 59.1 Å². The van der Waals surface area contributed by atoms with Crippen LogP contribution in [0.25, 0.3) is 5.69 Å². The van der Waals surface area contributed by atoms with Crippen LogP contribution in [0.1, 0.15) is 12.8 Å². The average molecular weight is 432 g/mol. The summed E-state index contributed by atoms with van der Waals surface area (Å²) >= 11 is 18.5. The molecule has 0 radical (unpaired) electrons. The molecule has 0 saturated carbocycles. The summed E-state index contributed by atoms with van der Waals surface area (Å²) in [6.07, 6.45) is 3.46. The third-order valence-electron chi connectivity index (χ3n) is 4.92. The summed E-state index contributed by atoms with van der Waals surface area (Å²) in [5.74, 6) is 0. The highest BCUT2D eigenvalue weighted by Gasteiger charge is 2.25. The fraction of sp³-hybridized carbons (Fsp3) is 0.444. The van der Waals surface area contributed by atoms with Crippen molar-refractivity contribution >= 4 is 40.5 Å². The second kappa shape index (κ2) is 8.80. The van der Waals surface area contributed by atoms with Gasteiger partial charge in [-0.05, 0) is 38.1 Å². The maximum atomic E-state index is 12.7.